The van der Waals surface area contributed by atoms with Crippen molar-refractivity contribution in [2.75, 3.05) is 32.1 Å². The third kappa shape index (κ3) is 3.78. The predicted molar refractivity (Wildman–Crippen MR) is 110 cm³/mol. The number of carbonyl (C=O) groups excluding carboxylic acids is 1. The molecule has 0 aromatic heterocycles. The van der Waals surface area contributed by atoms with Crippen LogP contribution >= 0.6 is 0 Å². The summed E-state index contributed by atoms with van der Waals surface area (Å²) in [5.41, 5.74) is 2.68. The topological polar surface area (TPSA) is 55.8 Å². The zero-order chi connectivity index (χ0) is 19.6. The Morgan fingerprint density at radius 1 is 1.11 bits per heavy atom. The molecule has 2 N–H and O–H groups in total. The zero-order valence-corrected chi connectivity index (χ0v) is 17.3. The molecule has 1 aliphatic carbocycles. The molecule has 5 heteroatoms. The van der Waals surface area contributed by atoms with Crippen LogP contribution in [0.1, 0.15) is 49.7 Å². The monoisotopic (exact) mass is 373 g/mol. The smallest absolute Gasteiger partial charge is 0.247 e. The van der Waals surface area contributed by atoms with Crippen LogP contribution in [0.3, 0.4) is 0 Å². The van der Waals surface area contributed by atoms with Crippen molar-refractivity contribution in [3.05, 3.63) is 29.3 Å². The zero-order valence-electron chi connectivity index (χ0n) is 17.3. The van der Waals surface area contributed by atoms with Crippen LogP contribution in [0.5, 0.6) is 0 Å². The van der Waals surface area contributed by atoms with Crippen molar-refractivity contribution in [1.82, 2.24) is 10.2 Å². The van der Waals surface area contributed by atoms with Gasteiger partial charge in [0.1, 0.15) is 5.54 Å². The number of nitrogens with one attached hydrogen (secondary N) is 1. The first-order valence-corrected chi connectivity index (χ1v) is 10.3. The second-order valence-corrected chi connectivity index (χ2v) is 8.51. The van der Waals surface area contributed by atoms with Gasteiger partial charge in [-0.1, -0.05) is 31.0 Å². The lowest BCUT2D eigenvalue weighted by atomic mass is 9.82. The van der Waals surface area contributed by atoms with Gasteiger partial charge in [0.15, 0.2) is 0 Å². The third-order valence-corrected chi connectivity index (χ3v) is 6.61. The Balaban J connectivity index is 2.10. The first-order chi connectivity index (χ1) is 12.9. The third-order valence-electron chi connectivity index (χ3n) is 6.61. The number of anilines is 1. The second-order valence-electron chi connectivity index (χ2n) is 8.51. The van der Waals surface area contributed by atoms with E-state index in [0.29, 0.717) is 0 Å². The number of piperidine rings is 1. The molecule has 5 nitrogen and oxygen atoms in total. The van der Waals surface area contributed by atoms with E-state index in [-0.39, 0.29) is 11.9 Å². The minimum atomic E-state index is -0.517. The average Bonchev–Trinajstić information content (AvgIpc) is 2.65. The van der Waals surface area contributed by atoms with Crippen LogP contribution in [0.15, 0.2) is 18.2 Å². The molecule has 3 rings (SSSR count). The molecule has 0 radical (unpaired) electrons. The Labute approximate surface area is 163 Å². The first-order valence-electron chi connectivity index (χ1n) is 10.3. The Morgan fingerprint density at radius 2 is 1.70 bits per heavy atom. The van der Waals surface area contributed by atoms with Crippen LogP contribution in [0.4, 0.5) is 5.69 Å². The van der Waals surface area contributed by atoms with Gasteiger partial charge in [0, 0.05) is 5.69 Å². The van der Waals surface area contributed by atoms with Crippen molar-refractivity contribution in [3.63, 3.8) is 0 Å². The van der Waals surface area contributed by atoms with Gasteiger partial charge in [0.25, 0.3) is 0 Å². The molecule has 2 aliphatic rings. The van der Waals surface area contributed by atoms with Crippen LogP contribution in [0, 0.1) is 13.8 Å². The summed E-state index contributed by atoms with van der Waals surface area (Å²) < 4.78 is 0. The Morgan fingerprint density at radius 3 is 2.26 bits per heavy atom. The van der Waals surface area contributed by atoms with Crippen LogP contribution in [0.25, 0.3) is 0 Å². The largest absolute Gasteiger partial charge is 0.391 e. The van der Waals surface area contributed by atoms with Crippen molar-refractivity contribution in [2.45, 2.75) is 70.1 Å². The van der Waals surface area contributed by atoms with E-state index in [0.717, 1.165) is 68.4 Å². The Bertz CT molecular complexity index is 647. The van der Waals surface area contributed by atoms with Crippen molar-refractivity contribution >= 4 is 11.6 Å². The summed E-state index contributed by atoms with van der Waals surface area (Å²) in [4.78, 5) is 18.2. The van der Waals surface area contributed by atoms with Gasteiger partial charge in [0.2, 0.25) is 5.91 Å². The minimum absolute atomic E-state index is 0.141. The molecule has 1 aromatic rings. The minimum Gasteiger partial charge on any atom is -0.391 e. The van der Waals surface area contributed by atoms with Crippen LogP contribution in [-0.4, -0.2) is 60.8 Å². The lowest BCUT2D eigenvalue weighted by Gasteiger charge is -2.48. The van der Waals surface area contributed by atoms with Gasteiger partial charge in [-0.05, 0) is 77.8 Å². The molecule has 0 spiro atoms. The van der Waals surface area contributed by atoms with E-state index < -0.39 is 11.6 Å². The molecule has 1 heterocycles. The maximum absolute atomic E-state index is 14.2. The maximum Gasteiger partial charge on any atom is 0.247 e. The number of rotatable bonds is 4. The van der Waals surface area contributed by atoms with E-state index in [4.69, 9.17) is 0 Å². The van der Waals surface area contributed by atoms with Gasteiger partial charge in [0.05, 0.1) is 12.1 Å². The number of likely N-dealkylation sites (N-methyl/N-ethyl adjacent to an activating group) is 1. The molecular weight excluding hydrogens is 338 g/mol. The van der Waals surface area contributed by atoms with Gasteiger partial charge < -0.3 is 15.3 Å². The molecule has 2 atom stereocenters. The van der Waals surface area contributed by atoms with E-state index >= 15 is 0 Å². The number of benzene rings is 1. The molecular formula is C22H35N3O2. The molecule has 0 bridgehead atoms. The number of carbonyl (C=O) groups is 1. The molecule has 1 saturated carbocycles. The molecule has 1 aliphatic heterocycles. The van der Waals surface area contributed by atoms with E-state index in [2.05, 4.69) is 36.2 Å². The predicted octanol–water partition coefficient (Wildman–Crippen LogP) is 2.62. The van der Waals surface area contributed by atoms with E-state index in [1.54, 1.807) is 0 Å². The highest BCUT2D eigenvalue weighted by molar-refractivity contribution is 6.02. The van der Waals surface area contributed by atoms with Crippen LogP contribution in [-0.2, 0) is 4.79 Å². The van der Waals surface area contributed by atoms with Crippen molar-refractivity contribution in [1.29, 1.82) is 0 Å². The van der Waals surface area contributed by atoms with E-state index in [1.165, 1.54) is 0 Å². The Hall–Kier alpha value is -1.43. The van der Waals surface area contributed by atoms with E-state index in [1.807, 2.05) is 25.1 Å². The molecule has 150 valence electrons. The normalized spacial score (nSPS) is 25.4. The number of nitrogens with zero attached hydrogens (tertiary/aromatic N) is 2. The van der Waals surface area contributed by atoms with E-state index in [9.17, 15) is 9.90 Å². The number of hydrogen-bond donors (Lipinski definition) is 2. The van der Waals surface area contributed by atoms with Crippen LogP contribution in [0.2, 0.25) is 0 Å². The SMILES string of the molecule is Cc1cccc(C)c1N(C(=O)C1(N(C)C)CCNCC1)[C@@H]1CCCC[C@H]1O. The van der Waals surface area contributed by atoms with Gasteiger partial charge in [-0.25, -0.2) is 0 Å². The average molecular weight is 374 g/mol. The standard InChI is InChI=1S/C22H35N3O2/c1-16-8-7-9-17(2)20(16)25(18-10-5-6-11-19(18)26)21(27)22(24(3)4)12-14-23-15-13-22/h7-9,18-19,23,26H,5-6,10-15H2,1-4H3/t18-,19-/m1/s1. The summed E-state index contributed by atoms with van der Waals surface area (Å²) in [6, 6.07) is 6.05. The highest BCUT2D eigenvalue weighted by Gasteiger charge is 2.47. The highest BCUT2D eigenvalue weighted by atomic mass is 16.3. The number of aryl methyl sites for hydroxylation is 2. The number of hydrogen-bond acceptors (Lipinski definition) is 4. The van der Waals surface area contributed by atoms with Crippen LogP contribution < -0.4 is 10.2 Å². The fourth-order valence-corrected chi connectivity index (χ4v) is 4.91. The quantitative estimate of drug-likeness (QED) is 0.852. The number of amides is 1. The molecule has 0 unspecified atom stereocenters. The molecule has 1 saturated heterocycles. The Kier molecular flexibility index (Phi) is 6.24. The summed E-state index contributed by atoms with van der Waals surface area (Å²) in [6.07, 6.45) is 4.87. The second kappa shape index (κ2) is 8.29. The molecule has 2 fully saturated rings. The van der Waals surface area contributed by atoms with Crippen molar-refractivity contribution < 1.29 is 9.90 Å². The summed E-state index contributed by atoms with van der Waals surface area (Å²) in [5.74, 6) is 0.150. The fourth-order valence-electron chi connectivity index (χ4n) is 4.91. The fraction of sp³-hybridized carbons (Fsp3) is 0.682. The van der Waals surface area contributed by atoms with Gasteiger partial charge >= 0.3 is 0 Å². The number of aliphatic hydroxyl groups is 1. The summed E-state index contributed by atoms with van der Waals surface area (Å²) in [6.45, 7) is 5.83. The first kappa shape index (κ1) is 20.3. The highest BCUT2D eigenvalue weighted by Crippen LogP contribution is 2.37. The molecule has 1 aromatic carbocycles. The summed E-state index contributed by atoms with van der Waals surface area (Å²) >= 11 is 0. The van der Waals surface area contributed by atoms with Crippen molar-refractivity contribution in [3.8, 4) is 0 Å². The summed E-state index contributed by atoms with van der Waals surface area (Å²) in [5, 5.41) is 14.2. The summed E-state index contributed by atoms with van der Waals surface area (Å²) in [7, 11) is 4.03. The lowest BCUT2D eigenvalue weighted by molar-refractivity contribution is -0.132. The maximum atomic E-state index is 14.2. The number of aliphatic hydroxyl groups excluding tert-OH is 1. The van der Waals surface area contributed by atoms with Crippen molar-refractivity contribution in [2.24, 2.45) is 0 Å². The lowest BCUT2D eigenvalue weighted by Crippen LogP contribution is -2.64. The number of para-hydroxylation sites is 1. The van der Waals surface area contributed by atoms with Gasteiger partial charge in [-0.15, -0.1) is 0 Å². The molecule has 1 amide bonds. The van der Waals surface area contributed by atoms with Gasteiger partial charge in [-0.2, -0.15) is 0 Å². The van der Waals surface area contributed by atoms with Gasteiger partial charge in [-0.3, -0.25) is 9.69 Å². The molecule has 27 heavy (non-hydrogen) atoms.